The highest BCUT2D eigenvalue weighted by molar-refractivity contribution is 5.72. The van der Waals surface area contributed by atoms with Crippen LogP contribution in [0.3, 0.4) is 0 Å². The van der Waals surface area contributed by atoms with Crippen LogP contribution in [0.4, 0.5) is 0 Å². The van der Waals surface area contributed by atoms with E-state index in [1.807, 2.05) is 0 Å². The van der Waals surface area contributed by atoms with Crippen LogP contribution in [0.15, 0.2) is 18.2 Å². The van der Waals surface area contributed by atoms with Gasteiger partial charge in [-0.15, -0.1) is 0 Å². The summed E-state index contributed by atoms with van der Waals surface area (Å²) in [6, 6.07) is 4.82. The number of hydrogen-bond acceptors (Lipinski definition) is 3. The molecule has 0 saturated heterocycles. The van der Waals surface area contributed by atoms with Gasteiger partial charge in [0.25, 0.3) is 0 Å². The summed E-state index contributed by atoms with van der Waals surface area (Å²) in [7, 11) is 0. The van der Waals surface area contributed by atoms with E-state index in [9.17, 15) is 9.90 Å². The molecule has 0 aromatic heterocycles. The fraction of sp³-hybridized carbons (Fsp3) is 0.533. The van der Waals surface area contributed by atoms with Crippen molar-refractivity contribution >= 4 is 5.97 Å². The number of aromatic hydroxyl groups is 1. The molecule has 3 nitrogen and oxygen atoms in total. The molecule has 0 atom stereocenters. The molecule has 0 spiro atoms. The smallest absolute Gasteiger partial charge is 0.311 e. The second-order valence-corrected chi connectivity index (χ2v) is 4.59. The fourth-order valence-electron chi connectivity index (χ4n) is 1.75. The molecule has 0 amide bonds. The lowest BCUT2D eigenvalue weighted by molar-refractivity contribution is -0.134. The average Bonchev–Trinajstić information content (AvgIpc) is 2.34. The van der Waals surface area contributed by atoms with Gasteiger partial charge >= 0.3 is 5.97 Å². The molecule has 0 aliphatic rings. The van der Waals surface area contributed by atoms with Crippen molar-refractivity contribution in [2.45, 2.75) is 52.4 Å². The van der Waals surface area contributed by atoms with Crippen molar-refractivity contribution in [3.8, 4) is 11.5 Å². The number of phenolic OH excluding ortho intramolecular Hbond substituents is 1. The first kappa shape index (κ1) is 14.6. The summed E-state index contributed by atoms with van der Waals surface area (Å²) in [6.45, 7) is 3.94. The predicted octanol–water partition coefficient (Wildman–Crippen LogP) is 3.97. The molecule has 0 aliphatic heterocycles. The molecule has 3 heteroatoms. The zero-order chi connectivity index (χ0) is 13.4. The molecule has 0 radical (unpaired) electrons. The molecule has 0 fully saturated rings. The number of phenols is 1. The van der Waals surface area contributed by atoms with E-state index >= 15 is 0 Å². The largest absolute Gasteiger partial charge is 0.508 e. The quantitative estimate of drug-likeness (QED) is 0.452. The minimum Gasteiger partial charge on any atom is -0.508 e. The van der Waals surface area contributed by atoms with E-state index in [1.54, 1.807) is 25.1 Å². The van der Waals surface area contributed by atoms with Crippen LogP contribution in [0.5, 0.6) is 11.5 Å². The Morgan fingerprint density at radius 3 is 2.61 bits per heavy atom. The SMILES string of the molecule is CCCCCCCC(=O)Oc1ccc(O)c(C)c1. The summed E-state index contributed by atoms with van der Waals surface area (Å²) in [5.41, 5.74) is 0.711. The maximum Gasteiger partial charge on any atom is 0.311 e. The number of unbranched alkanes of at least 4 members (excludes halogenated alkanes) is 4. The Morgan fingerprint density at radius 1 is 1.22 bits per heavy atom. The molecule has 0 aliphatic carbocycles. The summed E-state index contributed by atoms with van der Waals surface area (Å²) in [6.07, 6.45) is 6.04. The van der Waals surface area contributed by atoms with Crippen molar-refractivity contribution in [1.29, 1.82) is 0 Å². The summed E-state index contributed by atoms with van der Waals surface area (Å²) in [4.78, 5) is 11.6. The minimum absolute atomic E-state index is 0.198. The van der Waals surface area contributed by atoms with Crippen molar-refractivity contribution in [2.24, 2.45) is 0 Å². The number of aryl methyl sites for hydroxylation is 1. The summed E-state index contributed by atoms with van der Waals surface area (Å²) < 4.78 is 5.21. The number of esters is 1. The third kappa shape index (κ3) is 5.21. The molecule has 100 valence electrons. The predicted molar refractivity (Wildman–Crippen MR) is 71.9 cm³/mol. The fourth-order valence-corrected chi connectivity index (χ4v) is 1.75. The number of ether oxygens (including phenoxy) is 1. The van der Waals surface area contributed by atoms with Crippen molar-refractivity contribution in [1.82, 2.24) is 0 Å². The number of hydrogen-bond donors (Lipinski definition) is 1. The normalized spacial score (nSPS) is 10.3. The van der Waals surface area contributed by atoms with Crippen LogP contribution in [0.1, 0.15) is 51.0 Å². The van der Waals surface area contributed by atoms with Crippen LogP contribution >= 0.6 is 0 Å². The Hall–Kier alpha value is -1.51. The molecule has 0 heterocycles. The molecule has 1 rings (SSSR count). The van der Waals surface area contributed by atoms with E-state index < -0.39 is 0 Å². The lowest BCUT2D eigenvalue weighted by Crippen LogP contribution is -2.07. The van der Waals surface area contributed by atoms with Crippen molar-refractivity contribution in [3.63, 3.8) is 0 Å². The van der Waals surface area contributed by atoms with Gasteiger partial charge in [0, 0.05) is 6.42 Å². The molecular weight excluding hydrogens is 228 g/mol. The van der Waals surface area contributed by atoms with Crippen molar-refractivity contribution in [2.75, 3.05) is 0 Å². The summed E-state index contributed by atoms with van der Waals surface area (Å²) in [5, 5.41) is 9.36. The standard InChI is InChI=1S/C15H22O3/c1-3-4-5-6-7-8-15(17)18-13-9-10-14(16)12(2)11-13/h9-11,16H,3-8H2,1-2H3. The first-order valence-electron chi connectivity index (χ1n) is 6.63. The molecule has 0 bridgehead atoms. The van der Waals surface area contributed by atoms with Gasteiger partial charge in [0.1, 0.15) is 11.5 Å². The first-order chi connectivity index (χ1) is 8.63. The summed E-state index contributed by atoms with van der Waals surface area (Å²) in [5.74, 6) is 0.523. The minimum atomic E-state index is -0.198. The maximum atomic E-state index is 11.6. The van der Waals surface area contributed by atoms with Gasteiger partial charge in [-0.2, -0.15) is 0 Å². The van der Waals surface area contributed by atoms with E-state index in [1.165, 1.54) is 19.3 Å². The molecule has 0 unspecified atom stereocenters. The molecule has 18 heavy (non-hydrogen) atoms. The van der Waals surface area contributed by atoms with E-state index in [0.29, 0.717) is 17.7 Å². The Bertz CT molecular complexity index is 385. The van der Waals surface area contributed by atoms with Gasteiger partial charge in [-0.25, -0.2) is 0 Å². The highest BCUT2D eigenvalue weighted by atomic mass is 16.5. The van der Waals surface area contributed by atoms with E-state index in [2.05, 4.69) is 6.92 Å². The zero-order valence-electron chi connectivity index (χ0n) is 11.2. The van der Waals surface area contributed by atoms with Gasteiger partial charge in [0.15, 0.2) is 0 Å². The van der Waals surface area contributed by atoms with Gasteiger partial charge in [-0.1, -0.05) is 32.6 Å². The van der Waals surface area contributed by atoms with Crippen LogP contribution in [-0.2, 0) is 4.79 Å². The molecular formula is C15H22O3. The van der Waals surface area contributed by atoms with Crippen LogP contribution in [0.2, 0.25) is 0 Å². The zero-order valence-corrected chi connectivity index (χ0v) is 11.2. The summed E-state index contributed by atoms with van der Waals surface area (Å²) >= 11 is 0. The lowest BCUT2D eigenvalue weighted by Gasteiger charge is -2.06. The molecule has 0 saturated carbocycles. The van der Waals surface area contributed by atoms with Gasteiger partial charge < -0.3 is 9.84 Å². The Balaban J connectivity index is 2.29. The van der Waals surface area contributed by atoms with Crippen LogP contribution in [0, 0.1) is 6.92 Å². The monoisotopic (exact) mass is 250 g/mol. The van der Waals surface area contributed by atoms with Crippen molar-refractivity contribution < 1.29 is 14.6 Å². The number of rotatable bonds is 7. The average molecular weight is 250 g/mol. The van der Waals surface area contributed by atoms with E-state index in [4.69, 9.17) is 4.74 Å². The Kier molecular flexibility index (Phi) is 6.26. The van der Waals surface area contributed by atoms with Gasteiger partial charge in [-0.3, -0.25) is 4.79 Å². The highest BCUT2D eigenvalue weighted by Gasteiger charge is 2.06. The third-order valence-corrected chi connectivity index (χ3v) is 2.88. The number of carbonyl (C=O) groups excluding carboxylic acids is 1. The highest BCUT2D eigenvalue weighted by Crippen LogP contribution is 2.22. The van der Waals surface area contributed by atoms with Crippen molar-refractivity contribution in [3.05, 3.63) is 23.8 Å². The first-order valence-corrected chi connectivity index (χ1v) is 6.63. The molecule has 1 aromatic carbocycles. The molecule has 1 aromatic rings. The third-order valence-electron chi connectivity index (χ3n) is 2.88. The maximum absolute atomic E-state index is 11.6. The second-order valence-electron chi connectivity index (χ2n) is 4.59. The van der Waals surface area contributed by atoms with Gasteiger partial charge in [0.2, 0.25) is 0 Å². The second kappa shape index (κ2) is 7.75. The Labute approximate surface area is 109 Å². The number of benzene rings is 1. The Morgan fingerprint density at radius 2 is 1.94 bits per heavy atom. The topological polar surface area (TPSA) is 46.5 Å². The number of carbonyl (C=O) groups is 1. The van der Waals surface area contributed by atoms with Crippen LogP contribution in [0.25, 0.3) is 0 Å². The van der Waals surface area contributed by atoms with Gasteiger partial charge in [0.05, 0.1) is 0 Å². The van der Waals surface area contributed by atoms with Crippen LogP contribution < -0.4 is 4.74 Å². The molecule has 1 N–H and O–H groups in total. The van der Waals surface area contributed by atoms with Gasteiger partial charge in [-0.05, 0) is 37.1 Å². The van der Waals surface area contributed by atoms with E-state index in [0.717, 1.165) is 12.8 Å². The van der Waals surface area contributed by atoms with Crippen LogP contribution in [-0.4, -0.2) is 11.1 Å². The lowest BCUT2D eigenvalue weighted by atomic mass is 10.1. The van der Waals surface area contributed by atoms with E-state index in [-0.39, 0.29) is 11.7 Å².